The summed E-state index contributed by atoms with van der Waals surface area (Å²) in [4.78, 5) is 31.4. The zero-order chi connectivity index (χ0) is 26.7. The molecule has 12 heteroatoms. The summed E-state index contributed by atoms with van der Waals surface area (Å²) in [6, 6.07) is 11.2. The van der Waals surface area contributed by atoms with Crippen LogP contribution in [0.2, 0.25) is 0 Å². The van der Waals surface area contributed by atoms with Gasteiger partial charge < -0.3 is 25.3 Å². The molecule has 0 aliphatic carbocycles. The summed E-state index contributed by atoms with van der Waals surface area (Å²) in [7, 11) is 2.03. The number of aromatic nitrogens is 1. The van der Waals surface area contributed by atoms with E-state index in [4.69, 9.17) is 5.73 Å². The van der Waals surface area contributed by atoms with Gasteiger partial charge in [0.15, 0.2) is 0 Å². The Morgan fingerprint density at radius 1 is 1.11 bits per heavy atom. The summed E-state index contributed by atoms with van der Waals surface area (Å²) in [5.74, 6) is -1.23. The molecule has 2 aromatic carbocycles. The van der Waals surface area contributed by atoms with Crippen LogP contribution >= 0.6 is 0 Å². The molecule has 0 bridgehead atoms. The Hall–Kier alpha value is -3.90. The first-order valence-corrected chi connectivity index (χ1v) is 11.6. The van der Waals surface area contributed by atoms with Gasteiger partial charge in [-0.25, -0.2) is 0 Å². The van der Waals surface area contributed by atoms with Crippen molar-refractivity contribution in [3.8, 4) is 28.3 Å². The molecule has 1 saturated heterocycles. The van der Waals surface area contributed by atoms with Gasteiger partial charge in [-0.3, -0.25) is 14.9 Å². The normalized spacial score (nSPS) is 15.0. The maximum absolute atomic E-state index is 12.9. The van der Waals surface area contributed by atoms with E-state index in [0.29, 0.717) is 29.8 Å². The molecular weight excluding hydrogens is 491 g/mol. The molecular formula is C25H26F3N5O4. The minimum Gasteiger partial charge on any atom is -0.406 e. The van der Waals surface area contributed by atoms with Crippen LogP contribution in [0.15, 0.2) is 48.5 Å². The Bertz CT molecular complexity index is 1300. The smallest absolute Gasteiger partial charge is 0.406 e. The largest absolute Gasteiger partial charge is 0.573 e. The molecule has 0 radical (unpaired) electrons. The zero-order valence-electron chi connectivity index (χ0n) is 20.0. The van der Waals surface area contributed by atoms with Gasteiger partial charge in [0.1, 0.15) is 5.75 Å². The minimum atomic E-state index is -4.88. The van der Waals surface area contributed by atoms with Gasteiger partial charge in [-0.15, -0.1) is 13.2 Å². The number of para-hydroxylation sites is 1. The Morgan fingerprint density at radius 2 is 1.81 bits per heavy atom. The maximum atomic E-state index is 12.9. The van der Waals surface area contributed by atoms with Gasteiger partial charge >= 0.3 is 6.36 Å². The van der Waals surface area contributed by atoms with E-state index in [1.54, 1.807) is 12.1 Å². The number of nitro benzene ring substituents is 1. The van der Waals surface area contributed by atoms with Crippen LogP contribution in [0, 0.1) is 10.1 Å². The Morgan fingerprint density at radius 3 is 2.46 bits per heavy atom. The predicted molar refractivity (Wildman–Crippen MR) is 131 cm³/mol. The Labute approximate surface area is 210 Å². The van der Waals surface area contributed by atoms with Gasteiger partial charge in [0.25, 0.3) is 11.6 Å². The maximum Gasteiger partial charge on any atom is 0.573 e. The summed E-state index contributed by atoms with van der Waals surface area (Å²) in [6.07, 6.45) is -4.54. The van der Waals surface area contributed by atoms with Crippen LogP contribution in [0.5, 0.6) is 5.75 Å². The van der Waals surface area contributed by atoms with Gasteiger partial charge in [0.2, 0.25) is 0 Å². The third-order valence-corrected chi connectivity index (χ3v) is 6.35. The number of alkyl halides is 3. The van der Waals surface area contributed by atoms with Crippen molar-refractivity contribution in [3.05, 3.63) is 69.8 Å². The van der Waals surface area contributed by atoms with Crippen LogP contribution in [0.3, 0.4) is 0 Å². The van der Waals surface area contributed by atoms with Crippen LogP contribution in [-0.4, -0.2) is 71.7 Å². The number of aromatic amines is 1. The van der Waals surface area contributed by atoms with Crippen molar-refractivity contribution in [2.75, 3.05) is 39.8 Å². The molecule has 3 N–H and O–H groups in total. The molecule has 9 nitrogen and oxygen atoms in total. The first-order valence-electron chi connectivity index (χ1n) is 11.6. The lowest BCUT2D eigenvalue weighted by Crippen LogP contribution is -2.45. The number of rotatable bonds is 8. The SMILES string of the molecule is CN1CCN(CCc2c(-c3cccc(OC(F)(F)F)c3)[nH]c(-c3ccccc3[N+](=O)[O-])c2C(N)=O)CC1. The van der Waals surface area contributed by atoms with Crippen molar-refractivity contribution < 1.29 is 27.6 Å². The van der Waals surface area contributed by atoms with E-state index in [9.17, 15) is 28.1 Å². The molecule has 0 unspecified atom stereocenters. The van der Waals surface area contributed by atoms with E-state index in [1.807, 2.05) is 7.05 Å². The van der Waals surface area contributed by atoms with Crippen molar-refractivity contribution in [2.24, 2.45) is 5.73 Å². The van der Waals surface area contributed by atoms with E-state index in [1.165, 1.54) is 36.4 Å². The average molecular weight is 518 g/mol. The van der Waals surface area contributed by atoms with Crippen LogP contribution < -0.4 is 10.5 Å². The summed E-state index contributed by atoms with van der Waals surface area (Å²) in [6.45, 7) is 3.94. The molecule has 0 atom stereocenters. The van der Waals surface area contributed by atoms with Crippen molar-refractivity contribution in [1.29, 1.82) is 0 Å². The van der Waals surface area contributed by atoms with Crippen LogP contribution in [-0.2, 0) is 6.42 Å². The highest BCUT2D eigenvalue weighted by Gasteiger charge is 2.32. The van der Waals surface area contributed by atoms with Crippen LogP contribution in [0.4, 0.5) is 18.9 Å². The molecule has 1 aliphatic heterocycles. The number of hydrogen-bond donors (Lipinski definition) is 2. The van der Waals surface area contributed by atoms with Crippen molar-refractivity contribution in [2.45, 2.75) is 12.8 Å². The topological polar surface area (TPSA) is 118 Å². The number of amides is 1. The number of hydrogen-bond acceptors (Lipinski definition) is 6. The molecule has 1 aliphatic rings. The van der Waals surface area contributed by atoms with Gasteiger partial charge in [-0.05, 0) is 37.2 Å². The number of carbonyl (C=O) groups is 1. The molecule has 0 spiro atoms. The monoisotopic (exact) mass is 517 g/mol. The molecule has 1 aromatic heterocycles. The van der Waals surface area contributed by atoms with E-state index in [-0.39, 0.29) is 22.5 Å². The molecule has 196 valence electrons. The van der Waals surface area contributed by atoms with Crippen LogP contribution in [0.1, 0.15) is 15.9 Å². The first kappa shape index (κ1) is 26.2. The highest BCUT2D eigenvalue weighted by atomic mass is 19.4. The van der Waals surface area contributed by atoms with E-state index in [2.05, 4.69) is 19.5 Å². The molecule has 0 saturated carbocycles. The zero-order valence-corrected chi connectivity index (χ0v) is 20.0. The number of likely N-dealkylation sites (N-methyl/N-ethyl adjacent to an activating group) is 1. The van der Waals surface area contributed by atoms with Gasteiger partial charge in [0, 0.05) is 44.4 Å². The number of nitrogens with one attached hydrogen (secondary N) is 1. The molecule has 1 amide bonds. The fourth-order valence-corrected chi connectivity index (χ4v) is 4.54. The number of carbonyl (C=O) groups excluding carboxylic acids is 1. The summed E-state index contributed by atoms with van der Waals surface area (Å²) >= 11 is 0. The third kappa shape index (κ3) is 6.09. The number of piperazine rings is 1. The van der Waals surface area contributed by atoms with Crippen LogP contribution in [0.25, 0.3) is 22.5 Å². The second kappa shape index (κ2) is 10.6. The number of primary amides is 1. The summed E-state index contributed by atoms with van der Waals surface area (Å²) < 4.78 is 42.7. The fourth-order valence-electron chi connectivity index (χ4n) is 4.54. The number of H-pyrrole nitrogens is 1. The van der Waals surface area contributed by atoms with Gasteiger partial charge in [-0.2, -0.15) is 0 Å². The van der Waals surface area contributed by atoms with Gasteiger partial charge in [0.05, 0.1) is 27.4 Å². The molecule has 2 heterocycles. The van der Waals surface area contributed by atoms with Gasteiger partial charge in [-0.1, -0.05) is 24.3 Å². The van der Waals surface area contributed by atoms with E-state index >= 15 is 0 Å². The predicted octanol–water partition coefficient (Wildman–Crippen LogP) is 4.04. The van der Waals surface area contributed by atoms with E-state index in [0.717, 1.165) is 26.2 Å². The standard InChI is InChI=1S/C25H26F3N5O4/c1-31-11-13-32(14-12-31)10-9-19-21(24(29)34)23(18-7-2-3-8-20(18)33(35)36)30-22(19)16-5-4-6-17(15-16)37-25(26,27)28/h2-8,15,30H,9-14H2,1H3,(H2,29,34). The Balaban J connectivity index is 1.84. The highest BCUT2D eigenvalue weighted by molar-refractivity contribution is 6.04. The third-order valence-electron chi connectivity index (χ3n) is 6.35. The number of nitrogens with two attached hydrogens (primary N) is 1. The number of ether oxygens (including phenoxy) is 1. The lowest BCUT2D eigenvalue weighted by molar-refractivity contribution is -0.384. The van der Waals surface area contributed by atoms with Crippen molar-refractivity contribution in [1.82, 2.24) is 14.8 Å². The summed E-state index contributed by atoms with van der Waals surface area (Å²) in [5, 5.41) is 11.7. The molecule has 1 fully saturated rings. The molecule has 37 heavy (non-hydrogen) atoms. The molecule has 3 aromatic rings. The average Bonchev–Trinajstić information content (AvgIpc) is 3.22. The number of nitrogens with zero attached hydrogens (tertiary/aromatic N) is 3. The highest BCUT2D eigenvalue weighted by Crippen LogP contribution is 2.39. The van der Waals surface area contributed by atoms with Crippen molar-refractivity contribution in [3.63, 3.8) is 0 Å². The number of halogens is 3. The second-order valence-electron chi connectivity index (χ2n) is 8.84. The number of benzene rings is 2. The molecule has 4 rings (SSSR count). The first-order chi connectivity index (χ1) is 17.5. The minimum absolute atomic E-state index is 0.0700. The second-order valence-corrected chi connectivity index (χ2v) is 8.84. The lowest BCUT2D eigenvalue weighted by atomic mass is 9.97. The number of nitro groups is 1. The summed E-state index contributed by atoms with van der Waals surface area (Å²) in [5.41, 5.74) is 7.06. The fraction of sp³-hybridized carbons (Fsp3) is 0.320. The lowest BCUT2D eigenvalue weighted by Gasteiger charge is -2.32. The van der Waals surface area contributed by atoms with Crippen molar-refractivity contribution >= 4 is 11.6 Å². The van der Waals surface area contributed by atoms with E-state index < -0.39 is 22.9 Å². The Kier molecular flexibility index (Phi) is 7.50. The quantitative estimate of drug-likeness (QED) is 0.344.